The molecule has 1 atom stereocenters. The molecule has 0 radical (unpaired) electrons. The summed E-state index contributed by atoms with van der Waals surface area (Å²) in [6, 6.07) is 23.2. The Labute approximate surface area is 225 Å². The van der Waals surface area contributed by atoms with Crippen molar-refractivity contribution in [3.05, 3.63) is 106 Å². The molecule has 2 heterocycles. The van der Waals surface area contributed by atoms with Crippen LogP contribution in [0.5, 0.6) is 0 Å². The van der Waals surface area contributed by atoms with Crippen LogP contribution in [-0.4, -0.2) is 37.8 Å². The molecule has 8 heteroatoms. The van der Waals surface area contributed by atoms with Crippen LogP contribution >= 0.6 is 11.5 Å². The van der Waals surface area contributed by atoms with Gasteiger partial charge in [0.05, 0.1) is 23.7 Å². The van der Waals surface area contributed by atoms with Crippen molar-refractivity contribution in [2.75, 3.05) is 13.1 Å². The second-order valence-corrected chi connectivity index (χ2v) is 10.2. The number of fused-ring (bicyclic) bond motifs is 2. The normalized spacial score (nSPS) is 12.2. The number of rotatable bonds is 9. The number of aryl methyl sites for hydroxylation is 1. The van der Waals surface area contributed by atoms with Gasteiger partial charge in [-0.2, -0.15) is 4.37 Å². The quantitative estimate of drug-likeness (QED) is 0.282. The van der Waals surface area contributed by atoms with Crippen LogP contribution in [0.3, 0.4) is 0 Å². The van der Waals surface area contributed by atoms with E-state index in [-0.39, 0.29) is 11.5 Å². The number of aromatic nitrogens is 3. The summed E-state index contributed by atoms with van der Waals surface area (Å²) in [5, 5.41) is 2.62. The number of nitrogens with zero attached hydrogens (tertiary/aromatic N) is 4. The molecule has 0 aliphatic carbocycles. The lowest BCUT2D eigenvalue weighted by atomic mass is 10.0. The van der Waals surface area contributed by atoms with E-state index in [1.54, 1.807) is 4.57 Å². The molecule has 38 heavy (non-hydrogen) atoms. The number of carbonyl (C=O) groups excluding carboxylic acids is 1. The zero-order chi connectivity index (χ0) is 26.6. The van der Waals surface area contributed by atoms with E-state index in [9.17, 15) is 9.59 Å². The number of nitrogens with two attached hydrogens (primary N) is 1. The zero-order valence-corrected chi connectivity index (χ0v) is 22.4. The van der Waals surface area contributed by atoms with Crippen LogP contribution in [0.2, 0.25) is 0 Å². The van der Waals surface area contributed by atoms with Gasteiger partial charge in [-0.1, -0.05) is 67.6 Å². The van der Waals surface area contributed by atoms with Crippen molar-refractivity contribution in [1.29, 1.82) is 0 Å². The van der Waals surface area contributed by atoms with Gasteiger partial charge in [0.25, 0.3) is 11.5 Å². The topological polar surface area (TPSA) is 94.1 Å². The van der Waals surface area contributed by atoms with Crippen LogP contribution in [0.1, 0.15) is 53.2 Å². The second kappa shape index (κ2) is 11.2. The summed E-state index contributed by atoms with van der Waals surface area (Å²) >= 11 is 1.22. The molecule has 0 saturated heterocycles. The summed E-state index contributed by atoms with van der Waals surface area (Å²) in [6.07, 6.45) is 1.23. The average Bonchev–Trinajstić information content (AvgIpc) is 3.33. The molecule has 7 nitrogen and oxygen atoms in total. The van der Waals surface area contributed by atoms with E-state index in [0.29, 0.717) is 59.8 Å². The largest absolute Gasteiger partial charge is 0.330 e. The van der Waals surface area contributed by atoms with Crippen LogP contribution in [0, 0.1) is 6.92 Å². The van der Waals surface area contributed by atoms with Crippen LogP contribution < -0.4 is 11.3 Å². The number of amides is 1. The fraction of sp³-hybridized carbons (Fsp3) is 0.267. The lowest BCUT2D eigenvalue weighted by molar-refractivity contribution is 0.0656. The maximum Gasteiger partial charge on any atom is 0.264 e. The molecular weight excluding hydrogens is 494 g/mol. The van der Waals surface area contributed by atoms with E-state index < -0.39 is 6.04 Å². The molecule has 0 fully saturated rings. The molecule has 0 bridgehead atoms. The highest BCUT2D eigenvalue weighted by molar-refractivity contribution is 7.12. The van der Waals surface area contributed by atoms with Crippen LogP contribution in [0.15, 0.2) is 77.6 Å². The van der Waals surface area contributed by atoms with Crippen LogP contribution in [0.25, 0.3) is 21.0 Å². The maximum absolute atomic E-state index is 14.1. The van der Waals surface area contributed by atoms with E-state index >= 15 is 0 Å². The monoisotopic (exact) mass is 525 g/mol. The summed E-state index contributed by atoms with van der Waals surface area (Å²) < 4.78 is 6.12. The predicted octanol–water partition coefficient (Wildman–Crippen LogP) is 5.31. The van der Waals surface area contributed by atoms with E-state index in [4.69, 9.17) is 10.7 Å². The molecule has 5 rings (SSSR count). The second-order valence-electron chi connectivity index (χ2n) is 9.42. The summed E-state index contributed by atoms with van der Waals surface area (Å²) in [6.45, 7) is 5.13. The van der Waals surface area contributed by atoms with Gasteiger partial charge in [-0.25, -0.2) is 4.98 Å². The fourth-order valence-corrected chi connectivity index (χ4v) is 5.72. The first-order valence-electron chi connectivity index (χ1n) is 12.9. The first-order valence-corrected chi connectivity index (χ1v) is 13.7. The molecule has 1 amide bonds. The van der Waals surface area contributed by atoms with E-state index in [1.165, 1.54) is 11.5 Å². The molecule has 5 aromatic rings. The summed E-state index contributed by atoms with van der Waals surface area (Å²) in [4.78, 5) is 35.3. The van der Waals surface area contributed by atoms with E-state index in [0.717, 1.165) is 16.3 Å². The Kier molecular flexibility index (Phi) is 7.62. The van der Waals surface area contributed by atoms with Gasteiger partial charge in [0.2, 0.25) is 0 Å². The Morgan fingerprint density at radius 2 is 1.79 bits per heavy atom. The molecule has 2 aromatic heterocycles. The third-order valence-corrected chi connectivity index (χ3v) is 7.73. The number of carbonyl (C=O) groups is 1. The molecule has 0 saturated carbocycles. The summed E-state index contributed by atoms with van der Waals surface area (Å²) in [5.74, 6) is 0.473. The van der Waals surface area contributed by atoms with Gasteiger partial charge in [0.1, 0.15) is 5.82 Å². The third kappa shape index (κ3) is 4.97. The van der Waals surface area contributed by atoms with Gasteiger partial charge in [-0.15, -0.1) is 0 Å². The zero-order valence-electron chi connectivity index (χ0n) is 21.6. The van der Waals surface area contributed by atoms with E-state index in [1.807, 2.05) is 91.5 Å². The first kappa shape index (κ1) is 25.8. The Morgan fingerprint density at radius 1 is 1.05 bits per heavy atom. The Morgan fingerprint density at radius 3 is 2.53 bits per heavy atom. The molecular formula is C30H31N5O2S. The first-order chi connectivity index (χ1) is 18.5. The molecule has 1 unspecified atom stereocenters. The Hall–Kier alpha value is -3.88. The highest BCUT2D eigenvalue weighted by Crippen LogP contribution is 2.29. The van der Waals surface area contributed by atoms with Gasteiger partial charge in [-0.3, -0.25) is 14.2 Å². The molecule has 0 aliphatic heterocycles. The Balaban J connectivity index is 1.64. The van der Waals surface area contributed by atoms with Crippen molar-refractivity contribution in [3.63, 3.8) is 0 Å². The van der Waals surface area contributed by atoms with Crippen molar-refractivity contribution in [2.45, 2.75) is 39.3 Å². The number of hydrogen-bond donors (Lipinski definition) is 1. The molecule has 194 valence electrons. The van der Waals surface area contributed by atoms with Gasteiger partial charge < -0.3 is 10.6 Å². The van der Waals surface area contributed by atoms with Crippen molar-refractivity contribution in [1.82, 2.24) is 18.8 Å². The van der Waals surface area contributed by atoms with Crippen molar-refractivity contribution >= 4 is 38.4 Å². The minimum Gasteiger partial charge on any atom is -0.330 e. The van der Waals surface area contributed by atoms with Gasteiger partial charge >= 0.3 is 0 Å². The highest BCUT2D eigenvalue weighted by Gasteiger charge is 2.30. The van der Waals surface area contributed by atoms with Gasteiger partial charge in [-0.05, 0) is 66.3 Å². The third-order valence-electron chi connectivity index (χ3n) is 6.90. The fourth-order valence-electron chi connectivity index (χ4n) is 4.95. The van der Waals surface area contributed by atoms with Crippen LogP contribution in [-0.2, 0) is 6.54 Å². The molecule has 0 aliphatic rings. The number of hydrogen-bond acceptors (Lipinski definition) is 6. The maximum atomic E-state index is 14.1. The van der Waals surface area contributed by atoms with Crippen molar-refractivity contribution in [3.8, 4) is 0 Å². The summed E-state index contributed by atoms with van der Waals surface area (Å²) in [7, 11) is 0. The SMILES string of the molecule is CCC(c1nc2snc(C)c2c(=O)n1Cc1ccccc1)N(CCCN)C(=O)c1ccc2ccccc2c1. The standard InChI is InChI=1S/C30H31N5O2S/c1-3-25(34(17-9-16-31)29(36)24-15-14-22-12-7-8-13-23(22)18-24)27-32-28-26(20(2)33-38-28)30(37)35(27)19-21-10-5-4-6-11-21/h4-8,10-15,18,25H,3,9,16-17,19,31H2,1-2H3. The van der Waals surface area contributed by atoms with Gasteiger partial charge in [0.15, 0.2) is 4.83 Å². The highest BCUT2D eigenvalue weighted by atomic mass is 32.1. The minimum atomic E-state index is -0.413. The van der Waals surface area contributed by atoms with Crippen molar-refractivity contribution in [2.24, 2.45) is 5.73 Å². The molecule has 0 spiro atoms. The summed E-state index contributed by atoms with van der Waals surface area (Å²) in [5.41, 5.74) is 8.03. The van der Waals surface area contributed by atoms with Gasteiger partial charge in [0, 0.05) is 12.1 Å². The molecule has 2 N–H and O–H groups in total. The average molecular weight is 526 g/mol. The lowest BCUT2D eigenvalue weighted by Gasteiger charge is -2.32. The lowest BCUT2D eigenvalue weighted by Crippen LogP contribution is -2.40. The van der Waals surface area contributed by atoms with Crippen molar-refractivity contribution < 1.29 is 4.79 Å². The smallest absolute Gasteiger partial charge is 0.264 e. The van der Waals surface area contributed by atoms with E-state index in [2.05, 4.69) is 4.37 Å². The van der Waals surface area contributed by atoms with Crippen LogP contribution in [0.4, 0.5) is 0 Å². The minimum absolute atomic E-state index is 0.0999. The Bertz CT molecular complexity index is 1640. The predicted molar refractivity (Wildman–Crippen MR) is 154 cm³/mol. The number of benzene rings is 3. The molecule has 3 aromatic carbocycles.